The summed E-state index contributed by atoms with van der Waals surface area (Å²) in [5, 5.41) is 3.54. The van der Waals surface area contributed by atoms with Gasteiger partial charge in [-0.25, -0.2) is 4.79 Å². The molecule has 6 heteroatoms. The van der Waals surface area contributed by atoms with Gasteiger partial charge in [-0.15, -0.1) is 0 Å². The Morgan fingerprint density at radius 2 is 1.74 bits per heavy atom. The van der Waals surface area contributed by atoms with Crippen molar-refractivity contribution in [2.24, 2.45) is 0 Å². The Balaban J connectivity index is 1.61. The number of fused-ring (bicyclic) bond motifs is 2. The maximum Gasteiger partial charge on any atom is 0.339 e. The van der Waals surface area contributed by atoms with E-state index in [1.54, 1.807) is 25.1 Å². The maximum atomic E-state index is 13.3. The number of nitrogens with zero attached hydrogens (tertiary/aromatic N) is 1. The predicted molar refractivity (Wildman–Crippen MR) is 120 cm³/mol. The number of ether oxygens (including phenoxy) is 2. The normalized spacial score (nSPS) is 14.3. The van der Waals surface area contributed by atoms with Gasteiger partial charge in [-0.3, -0.25) is 9.78 Å². The number of hydrogen-bond acceptors (Lipinski definition) is 5. The van der Waals surface area contributed by atoms with E-state index in [4.69, 9.17) is 14.5 Å². The number of para-hydroxylation sites is 3. The molecule has 0 bridgehead atoms. The molecule has 0 fully saturated rings. The van der Waals surface area contributed by atoms with Crippen molar-refractivity contribution in [2.45, 2.75) is 45.1 Å². The van der Waals surface area contributed by atoms with Gasteiger partial charge in [-0.2, -0.15) is 0 Å². The number of amides is 1. The summed E-state index contributed by atoms with van der Waals surface area (Å²) >= 11 is 0. The fourth-order valence-electron chi connectivity index (χ4n) is 4.04. The van der Waals surface area contributed by atoms with E-state index in [1.165, 1.54) is 7.11 Å². The topological polar surface area (TPSA) is 77.5 Å². The van der Waals surface area contributed by atoms with Crippen LogP contribution in [0.3, 0.4) is 0 Å². The molecule has 4 rings (SSSR count). The number of aromatic nitrogens is 1. The van der Waals surface area contributed by atoms with Gasteiger partial charge in [0.1, 0.15) is 5.75 Å². The Morgan fingerprint density at radius 3 is 2.58 bits per heavy atom. The maximum absolute atomic E-state index is 13.3. The lowest BCUT2D eigenvalue weighted by Crippen LogP contribution is -2.30. The zero-order chi connectivity index (χ0) is 21.8. The number of carbonyl (C=O) groups is 2. The van der Waals surface area contributed by atoms with E-state index in [2.05, 4.69) is 5.32 Å². The monoisotopic (exact) mass is 418 g/mol. The first kappa shape index (κ1) is 20.8. The van der Waals surface area contributed by atoms with E-state index in [0.29, 0.717) is 17.0 Å². The number of hydrogen-bond donors (Lipinski definition) is 1. The van der Waals surface area contributed by atoms with Gasteiger partial charge in [0.25, 0.3) is 5.91 Å². The number of nitrogens with one attached hydrogen (secondary N) is 1. The highest BCUT2D eigenvalue weighted by Gasteiger charge is 2.26. The number of anilines is 1. The van der Waals surface area contributed by atoms with E-state index >= 15 is 0 Å². The second kappa shape index (κ2) is 9.16. The molecule has 1 aliphatic carbocycles. The first-order chi connectivity index (χ1) is 15.1. The Morgan fingerprint density at radius 1 is 1.00 bits per heavy atom. The van der Waals surface area contributed by atoms with Crippen LogP contribution in [0.25, 0.3) is 10.9 Å². The molecule has 6 nitrogen and oxygen atoms in total. The molecule has 0 unspecified atom stereocenters. The third-order valence-corrected chi connectivity index (χ3v) is 5.64. The molecule has 160 valence electrons. The van der Waals surface area contributed by atoms with Crippen LogP contribution in [0.1, 0.15) is 47.8 Å². The molecule has 2 aromatic carbocycles. The summed E-state index contributed by atoms with van der Waals surface area (Å²) in [5.41, 5.74) is 3.77. The summed E-state index contributed by atoms with van der Waals surface area (Å²) in [6, 6.07) is 14.7. The number of rotatable bonds is 5. The van der Waals surface area contributed by atoms with E-state index in [9.17, 15) is 9.59 Å². The van der Waals surface area contributed by atoms with E-state index in [0.717, 1.165) is 54.3 Å². The number of aryl methyl sites for hydroxylation is 1. The molecule has 3 aromatic rings. The molecule has 31 heavy (non-hydrogen) atoms. The third kappa shape index (κ3) is 4.38. The molecule has 0 saturated carbocycles. The fraction of sp³-hybridized carbons (Fsp3) is 0.320. The highest BCUT2D eigenvalue weighted by molar-refractivity contribution is 6.06. The standard InChI is InChI=1S/C25H26N2O4/c1-16(24(28)27-21-14-8-9-15-22(21)30-2)31-25(29)23-17-10-4-3-5-12-19(17)26-20-13-7-6-11-18(20)23/h6-9,11,13-16H,3-5,10,12H2,1-2H3,(H,27,28)/t16-/m0/s1. The zero-order valence-electron chi connectivity index (χ0n) is 17.8. The van der Waals surface area contributed by atoms with Crippen molar-refractivity contribution in [1.82, 2.24) is 4.98 Å². The lowest BCUT2D eigenvalue weighted by atomic mass is 9.97. The lowest BCUT2D eigenvalue weighted by Gasteiger charge is -2.18. The minimum atomic E-state index is -0.967. The fourth-order valence-corrected chi connectivity index (χ4v) is 4.04. The van der Waals surface area contributed by atoms with Gasteiger partial charge in [0.2, 0.25) is 0 Å². The highest BCUT2D eigenvalue weighted by Crippen LogP contribution is 2.30. The van der Waals surface area contributed by atoms with Gasteiger partial charge in [0.05, 0.1) is 23.9 Å². The van der Waals surface area contributed by atoms with Crippen molar-refractivity contribution in [2.75, 3.05) is 12.4 Å². The number of esters is 1. The smallest absolute Gasteiger partial charge is 0.339 e. The van der Waals surface area contributed by atoms with Crippen molar-refractivity contribution in [3.63, 3.8) is 0 Å². The molecule has 0 saturated heterocycles. The molecule has 1 atom stereocenters. The summed E-state index contributed by atoms with van der Waals surface area (Å²) in [7, 11) is 1.54. The predicted octanol–water partition coefficient (Wildman–Crippen LogP) is 4.70. The second-order valence-corrected chi connectivity index (χ2v) is 7.73. The van der Waals surface area contributed by atoms with Gasteiger partial charge in [-0.05, 0) is 56.4 Å². The van der Waals surface area contributed by atoms with Crippen LogP contribution in [0.5, 0.6) is 5.75 Å². The first-order valence-electron chi connectivity index (χ1n) is 10.6. The van der Waals surface area contributed by atoms with Crippen molar-refractivity contribution in [3.8, 4) is 5.75 Å². The van der Waals surface area contributed by atoms with Gasteiger partial charge in [0.15, 0.2) is 6.10 Å². The Hall–Kier alpha value is -3.41. The minimum absolute atomic E-state index is 0.415. The van der Waals surface area contributed by atoms with E-state index in [-0.39, 0.29) is 0 Å². The number of carbonyl (C=O) groups excluding carboxylic acids is 2. The summed E-state index contributed by atoms with van der Waals surface area (Å²) in [6.45, 7) is 1.57. The Bertz CT molecular complexity index is 1130. The van der Waals surface area contributed by atoms with Crippen LogP contribution in [-0.2, 0) is 22.4 Å². The van der Waals surface area contributed by atoms with Crippen LogP contribution < -0.4 is 10.1 Å². The summed E-state index contributed by atoms with van der Waals surface area (Å²) in [4.78, 5) is 30.8. The lowest BCUT2D eigenvalue weighted by molar-refractivity contribution is -0.123. The van der Waals surface area contributed by atoms with Crippen LogP contribution in [0.4, 0.5) is 5.69 Å². The number of benzene rings is 2. The SMILES string of the molecule is COc1ccccc1NC(=O)[C@H](C)OC(=O)c1c2c(nc3ccccc13)CCCCC2. The largest absolute Gasteiger partial charge is 0.495 e. The molecule has 1 aromatic heterocycles. The molecular weight excluding hydrogens is 392 g/mol. The summed E-state index contributed by atoms with van der Waals surface area (Å²) < 4.78 is 10.9. The zero-order valence-corrected chi connectivity index (χ0v) is 17.8. The highest BCUT2D eigenvalue weighted by atomic mass is 16.5. The van der Waals surface area contributed by atoms with E-state index < -0.39 is 18.0 Å². The van der Waals surface area contributed by atoms with Crippen LogP contribution in [0, 0.1) is 0 Å². The van der Waals surface area contributed by atoms with Gasteiger partial charge in [0, 0.05) is 11.1 Å². The Kier molecular flexibility index (Phi) is 6.16. The molecule has 1 N–H and O–H groups in total. The van der Waals surface area contributed by atoms with Crippen LogP contribution in [-0.4, -0.2) is 30.1 Å². The van der Waals surface area contributed by atoms with Gasteiger partial charge >= 0.3 is 5.97 Å². The molecule has 1 amide bonds. The molecular formula is C25H26N2O4. The number of pyridine rings is 1. The minimum Gasteiger partial charge on any atom is -0.495 e. The summed E-state index contributed by atoms with van der Waals surface area (Å²) in [5.74, 6) is -0.360. The molecule has 0 aliphatic heterocycles. The van der Waals surface area contributed by atoms with E-state index in [1.807, 2.05) is 30.3 Å². The van der Waals surface area contributed by atoms with Gasteiger partial charge in [-0.1, -0.05) is 36.8 Å². The quantitative estimate of drug-likeness (QED) is 0.480. The van der Waals surface area contributed by atoms with Crippen molar-refractivity contribution in [1.29, 1.82) is 0 Å². The summed E-state index contributed by atoms with van der Waals surface area (Å²) in [6.07, 6.45) is 3.86. The average Bonchev–Trinajstić information content (AvgIpc) is 3.02. The first-order valence-corrected chi connectivity index (χ1v) is 10.6. The van der Waals surface area contributed by atoms with Crippen LogP contribution >= 0.6 is 0 Å². The second-order valence-electron chi connectivity index (χ2n) is 7.73. The third-order valence-electron chi connectivity index (χ3n) is 5.64. The molecule has 0 spiro atoms. The van der Waals surface area contributed by atoms with Crippen LogP contribution in [0.15, 0.2) is 48.5 Å². The molecule has 1 aliphatic rings. The molecule has 0 radical (unpaired) electrons. The van der Waals surface area contributed by atoms with Crippen molar-refractivity contribution >= 4 is 28.5 Å². The Labute approximate surface area is 181 Å². The molecule has 1 heterocycles. The number of methoxy groups -OCH3 is 1. The average molecular weight is 418 g/mol. The van der Waals surface area contributed by atoms with Crippen molar-refractivity contribution in [3.05, 3.63) is 65.4 Å². The van der Waals surface area contributed by atoms with Gasteiger partial charge < -0.3 is 14.8 Å². The van der Waals surface area contributed by atoms with Crippen LogP contribution in [0.2, 0.25) is 0 Å². The van der Waals surface area contributed by atoms with Crippen molar-refractivity contribution < 1.29 is 19.1 Å².